The predicted octanol–water partition coefficient (Wildman–Crippen LogP) is 3.06. The van der Waals surface area contributed by atoms with Crippen LogP contribution in [0.25, 0.3) is 0 Å². The molecule has 1 N–H and O–H groups in total. The fourth-order valence-corrected chi connectivity index (χ4v) is 2.71. The smallest absolute Gasteiger partial charge is 0.217 e. The Morgan fingerprint density at radius 2 is 1.85 bits per heavy atom. The molecule has 0 saturated heterocycles. The summed E-state index contributed by atoms with van der Waals surface area (Å²) in [6, 6.07) is 13.1. The lowest BCUT2D eigenvalue weighted by Crippen LogP contribution is -2.38. The maximum absolute atomic E-state index is 13.2. The highest BCUT2D eigenvalue weighted by Crippen LogP contribution is 2.16. The molecule has 6 heteroatoms. The number of halogens is 1. The molecule has 0 fully saturated rings. The van der Waals surface area contributed by atoms with Crippen LogP contribution < -0.4 is 10.1 Å². The lowest BCUT2D eigenvalue weighted by Gasteiger charge is -2.16. The highest BCUT2D eigenvalue weighted by Gasteiger charge is 2.15. The van der Waals surface area contributed by atoms with Crippen molar-refractivity contribution in [1.82, 2.24) is 5.32 Å². The van der Waals surface area contributed by atoms with E-state index >= 15 is 0 Å². The van der Waals surface area contributed by atoms with Crippen molar-refractivity contribution in [3.05, 3.63) is 65.5 Å². The van der Waals surface area contributed by atoms with Gasteiger partial charge in [0.1, 0.15) is 24.0 Å². The van der Waals surface area contributed by atoms with Crippen LogP contribution in [0.15, 0.2) is 48.5 Å². The Balaban J connectivity index is 1.85. The van der Waals surface area contributed by atoms with Crippen molar-refractivity contribution in [1.29, 1.82) is 0 Å². The van der Waals surface area contributed by atoms with Gasteiger partial charge in [0.25, 0.3) is 0 Å². The molecule has 2 aromatic rings. The summed E-state index contributed by atoms with van der Waals surface area (Å²) >= 11 is 0. The van der Waals surface area contributed by atoms with Crippen LogP contribution in [0.1, 0.15) is 24.5 Å². The second-order valence-corrected chi connectivity index (χ2v) is 6.33. The molecule has 5 nitrogen and oxygen atoms in total. The van der Waals surface area contributed by atoms with Gasteiger partial charge in [-0.05, 0) is 35.4 Å². The summed E-state index contributed by atoms with van der Waals surface area (Å²) < 4.78 is 23.8. The van der Waals surface area contributed by atoms with E-state index in [9.17, 15) is 14.0 Å². The Labute approximate surface area is 158 Å². The number of benzene rings is 2. The van der Waals surface area contributed by atoms with Crippen LogP contribution in [-0.2, 0) is 27.4 Å². The lowest BCUT2D eigenvalue weighted by atomic mass is 10.0. The van der Waals surface area contributed by atoms with E-state index < -0.39 is 0 Å². The SMILES string of the molecule is COCC(CC(=O)Cc1ccc(OCc2cccc(F)c2)cc1)NC(C)=O. The van der Waals surface area contributed by atoms with E-state index in [2.05, 4.69) is 5.32 Å². The van der Waals surface area contributed by atoms with Crippen molar-refractivity contribution in [2.75, 3.05) is 13.7 Å². The third-order valence-electron chi connectivity index (χ3n) is 3.87. The van der Waals surface area contributed by atoms with Gasteiger partial charge in [0.05, 0.1) is 12.6 Å². The van der Waals surface area contributed by atoms with E-state index in [0.29, 0.717) is 5.75 Å². The minimum atomic E-state index is -0.325. The lowest BCUT2D eigenvalue weighted by molar-refractivity contribution is -0.121. The van der Waals surface area contributed by atoms with Gasteiger partial charge in [0.2, 0.25) is 5.91 Å². The molecule has 2 rings (SSSR count). The van der Waals surface area contributed by atoms with Gasteiger partial charge in [0.15, 0.2) is 0 Å². The Morgan fingerprint density at radius 1 is 1.11 bits per heavy atom. The number of hydrogen-bond donors (Lipinski definition) is 1. The Morgan fingerprint density at radius 3 is 2.48 bits per heavy atom. The normalized spacial score (nSPS) is 11.7. The summed E-state index contributed by atoms with van der Waals surface area (Å²) in [6.45, 7) is 1.97. The number of Topliss-reactive ketones (excluding diaryl/α,β-unsaturated/α-hetero) is 1. The molecular formula is C21H24FNO4. The second-order valence-electron chi connectivity index (χ2n) is 6.33. The first-order valence-electron chi connectivity index (χ1n) is 8.70. The topological polar surface area (TPSA) is 64.6 Å². The fraction of sp³-hybridized carbons (Fsp3) is 0.333. The third kappa shape index (κ3) is 7.58. The average molecular weight is 373 g/mol. The van der Waals surface area contributed by atoms with E-state index in [4.69, 9.17) is 9.47 Å². The van der Waals surface area contributed by atoms with Crippen molar-refractivity contribution in [2.24, 2.45) is 0 Å². The van der Waals surface area contributed by atoms with Crippen LogP contribution in [0.3, 0.4) is 0 Å². The number of ketones is 1. The van der Waals surface area contributed by atoms with Crippen molar-refractivity contribution in [2.45, 2.75) is 32.4 Å². The van der Waals surface area contributed by atoms with E-state index in [0.717, 1.165) is 11.1 Å². The minimum absolute atomic E-state index is 0.0132. The number of carbonyl (C=O) groups is 2. The number of ether oxygens (including phenoxy) is 2. The van der Waals surface area contributed by atoms with Crippen molar-refractivity contribution in [3.8, 4) is 5.75 Å². The Bertz CT molecular complexity index is 761. The summed E-state index contributed by atoms with van der Waals surface area (Å²) in [6.07, 6.45) is 0.481. The molecule has 0 aliphatic heterocycles. The molecule has 0 spiro atoms. The largest absolute Gasteiger partial charge is 0.489 e. The van der Waals surface area contributed by atoms with Crippen LogP contribution >= 0.6 is 0 Å². The monoisotopic (exact) mass is 373 g/mol. The van der Waals surface area contributed by atoms with Gasteiger partial charge in [0, 0.05) is 26.9 Å². The summed E-state index contributed by atoms with van der Waals surface area (Å²) in [5, 5.41) is 2.71. The van der Waals surface area contributed by atoms with Gasteiger partial charge in [-0.15, -0.1) is 0 Å². The summed E-state index contributed by atoms with van der Waals surface area (Å²) in [5.74, 6) is 0.172. The number of hydrogen-bond acceptors (Lipinski definition) is 4. The van der Waals surface area contributed by atoms with Gasteiger partial charge in [-0.25, -0.2) is 4.39 Å². The molecule has 0 bridgehead atoms. The van der Waals surface area contributed by atoms with Crippen molar-refractivity contribution < 1.29 is 23.5 Å². The maximum Gasteiger partial charge on any atom is 0.217 e. The van der Waals surface area contributed by atoms with Crippen LogP contribution in [0.4, 0.5) is 4.39 Å². The standard InChI is InChI=1S/C21H24FNO4/c1-15(24)23-19(14-26-2)12-20(25)11-16-6-8-21(9-7-16)27-13-17-4-3-5-18(22)10-17/h3-10,19H,11-14H2,1-2H3,(H,23,24). The molecule has 0 aliphatic carbocycles. The molecule has 0 heterocycles. The average Bonchev–Trinajstić information content (AvgIpc) is 2.61. The van der Waals surface area contributed by atoms with E-state index in [1.807, 2.05) is 12.1 Å². The zero-order chi connectivity index (χ0) is 19.6. The number of carbonyl (C=O) groups excluding carboxylic acids is 2. The maximum atomic E-state index is 13.2. The van der Waals surface area contributed by atoms with Gasteiger partial charge in [-0.3, -0.25) is 9.59 Å². The molecule has 0 aliphatic rings. The number of amides is 1. The highest BCUT2D eigenvalue weighted by atomic mass is 19.1. The van der Waals surface area contributed by atoms with Crippen molar-refractivity contribution >= 4 is 11.7 Å². The Hall–Kier alpha value is -2.73. The molecular weight excluding hydrogens is 349 g/mol. The molecule has 0 radical (unpaired) electrons. The molecule has 1 unspecified atom stereocenters. The van der Waals surface area contributed by atoms with Crippen LogP contribution in [0.5, 0.6) is 5.75 Å². The first-order chi connectivity index (χ1) is 13.0. The van der Waals surface area contributed by atoms with Crippen LogP contribution in [0, 0.1) is 5.82 Å². The minimum Gasteiger partial charge on any atom is -0.489 e. The van der Waals surface area contributed by atoms with Crippen LogP contribution in [0.2, 0.25) is 0 Å². The molecule has 144 valence electrons. The first kappa shape index (κ1) is 20.6. The van der Waals surface area contributed by atoms with Crippen LogP contribution in [-0.4, -0.2) is 31.4 Å². The van der Waals surface area contributed by atoms with E-state index in [1.165, 1.54) is 26.2 Å². The Kier molecular flexibility index (Phi) is 7.95. The van der Waals surface area contributed by atoms with E-state index in [-0.39, 0.29) is 49.6 Å². The predicted molar refractivity (Wildman–Crippen MR) is 100.0 cm³/mol. The molecule has 1 atom stereocenters. The quantitative estimate of drug-likeness (QED) is 0.695. The highest BCUT2D eigenvalue weighted by molar-refractivity contribution is 5.82. The van der Waals surface area contributed by atoms with E-state index in [1.54, 1.807) is 24.3 Å². The number of methoxy groups -OCH3 is 1. The van der Waals surface area contributed by atoms with Gasteiger partial charge < -0.3 is 14.8 Å². The fourth-order valence-electron chi connectivity index (χ4n) is 2.71. The zero-order valence-corrected chi connectivity index (χ0v) is 15.5. The number of nitrogens with one attached hydrogen (secondary N) is 1. The van der Waals surface area contributed by atoms with Gasteiger partial charge in [-0.1, -0.05) is 24.3 Å². The summed E-state index contributed by atoms with van der Waals surface area (Å²) in [7, 11) is 1.53. The molecule has 1 amide bonds. The summed E-state index contributed by atoms with van der Waals surface area (Å²) in [5.41, 5.74) is 1.61. The molecule has 0 aromatic heterocycles. The van der Waals surface area contributed by atoms with Crippen molar-refractivity contribution in [3.63, 3.8) is 0 Å². The first-order valence-corrected chi connectivity index (χ1v) is 8.70. The number of rotatable bonds is 10. The molecule has 0 saturated carbocycles. The molecule has 27 heavy (non-hydrogen) atoms. The second kappa shape index (κ2) is 10.4. The molecule has 2 aromatic carbocycles. The summed E-state index contributed by atoms with van der Waals surface area (Å²) in [4.78, 5) is 23.4. The zero-order valence-electron chi connectivity index (χ0n) is 15.5. The van der Waals surface area contributed by atoms with Gasteiger partial charge >= 0.3 is 0 Å². The van der Waals surface area contributed by atoms with Gasteiger partial charge in [-0.2, -0.15) is 0 Å². The third-order valence-corrected chi connectivity index (χ3v) is 3.87.